The monoisotopic (exact) mass is 378 g/mol. The third-order valence-corrected chi connectivity index (χ3v) is 5.29. The van der Waals surface area contributed by atoms with Gasteiger partial charge in [0.2, 0.25) is 0 Å². The molecule has 1 atom stereocenters. The van der Waals surface area contributed by atoms with Crippen molar-refractivity contribution in [3.8, 4) is 0 Å². The molecule has 0 aliphatic carbocycles. The second kappa shape index (κ2) is 8.68. The number of hydrogen-bond acceptors (Lipinski definition) is 5. The lowest BCUT2D eigenvalue weighted by Gasteiger charge is -2.21. The topological polar surface area (TPSA) is 82.7 Å². The van der Waals surface area contributed by atoms with Crippen molar-refractivity contribution in [3.05, 3.63) is 38.7 Å². The first-order valence-electron chi connectivity index (χ1n) is 8.98. The minimum absolute atomic E-state index is 0.251. The van der Waals surface area contributed by atoms with Gasteiger partial charge in [0.15, 0.2) is 5.96 Å². The van der Waals surface area contributed by atoms with Crippen molar-refractivity contribution in [2.45, 2.75) is 53.6 Å². The zero-order chi connectivity index (χ0) is 19.3. The molecule has 0 aliphatic rings. The van der Waals surface area contributed by atoms with E-state index in [0.29, 0.717) is 5.96 Å². The number of thiazole rings is 1. The van der Waals surface area contributed by atoms with Crippen molar-refractivity contribution >= 4 is 17.3 Å². The van der Waals surface area contributed by atoms with E-state index in [0.717, 1.165) is 47.3 Å². The Balaban J connectivity index is 1.99. The molecule has 0 radical (unpaired) electrons. The second-order valence-electron chi connectivity index (χ2n) is 6.71. The molecular weight excluding hydrogens is 348 g/mol. The maximum absolute atomic E-state index is 10.8. The van der Waals surface area contributed by atoms with E-state index in [-0.39, 0.29) is 6.54 Å². The normalized spacial score (nSPS) is 14.3. The van der Waals surface area contributed by atoms with E-state index in [1.807, 2.05) is 40.7 Å². The predicted molar refractivity (Wildman–Crippen MR) is 107 cm³/mol. The van der Waals surface area contributed by atoms with Crippen LogP contribution in [-0.4, -0.2) is 35.7 Å². The van der Waals surface area contributed by atoms with E-state index >= 15 is 0 Å². The van der Waals surface area contributed by atoms with Crippen LogP contribution in [0.15, 0.2) is 15.5 Å². The van der Waals surface area contributed by atoms with Crippen LogP contribution < -0.4 is 10.6 Å². The van der Waals surface area contributed by atoms with Crippen molar-refractivity contribution < 1.29 is 9.52 Å². The fourth-order valence-electron chi connectivity index (χ4n) is 2.93. The van der Waals surface area contributed by atoms with Gasteiger partial charge in [0.1, 0.15) is 17.1 Å². The minimum Gasteiger partial charge on any atom is -0.466 e. The largest absolute Gasteiger partial charge is 0.466 e. The summed E-state index contributed by atoms with van der Waals surface area (Å²) in [5.41, 5.74) is 0.811. The number of furan rings is 1. The standard InChI is InChI=1S/C19H30N4O2S/c1-7-20-18(21-9-8-17-13(3)23-15(5)26-17)22-11-19(6,24)16-10-12(2)25-14(16)4/h10,24H,7-9,11H2,1-6H3,(H2,20,21,22). The molecule has 0 aromatic carbocycles. The molecule has 0 saturated carbocycles. The van der Waals surface area contributed by atoms with Gasteiger partial charge < -0.3 is 20.2 Å². The van der Waals surface area contributed by atoms with Gasteiger partial charge in [-0.15, -0.1) is 11.3 Å². The molecule has 6 nitrogen and oxygen atoms in total. The third kappa shape index (κ3) is 5.32. The van der Waals surface area contributed by atoms with Gasteiger partial charge in [-0.3, -0.25) is 0 Å². The highest BCUT2D eigenvalue weighted by molar-refractivity contribution is 7.11. The van der Waals surface area contributed by atoms with Crippen LogP contribution in [0.4, 0.5) is 0 Å². The summed E-state index contributed by atoms with van der Waals surface area (Å²) < 4.78 is 5.54. The molecule has 3 N–H and O–H groups in total. The Morgan fingerprint density at radius 2 is 2.04 bits per heavy atom. The first-order valence-corrected chi connectivity index (χ1v) is 9.79. The van der Waals surface area contributed by atoms with Gasteiger partial charge in [-0.25, -0.2) is 9.98 Å². The number of aromatic nitrogens is 1. The Hall–Kier alpha value is -1.86. The molecule has 2 rings (SSSR count). The van der Waals surface area contributed by atoms with Crippen molar-refractivity contribution in [1.29, 1.82) is 0 Å². The molecular formula is C19H30N4O2S. The molecule has 144 valence electrons. The van der Waals surface area contributed by atoms with Crippen LogP contribution in [0, 0.1) is 27.7 Å². The molecule has 1 unspecified atom stereocenters. The fourth-order valence-corrected chi connectivity index (χ4v) is 3.86. The number of rotatable bonds is 7. The van der Waals surface area contributed by atoms with E-state index < -0.39 is 5.60 Å². The molecule has 2 aromatic heterocycles. The highest BCUT2D eigenvalue weighted by atomic mass is 32.1. The summed E-state index contributed by atoms with van der Waals surface area (Å²) in [5, 5.41) is 18.5. The third-order valence-electron chi connectivity index (χ3n) is 4.15. The first kappa shape index (κ1) is 20.5. The van der Waals surface area contributed by atoms with E-state index in [1.54, 1.807) is 18.3 Å². The van der Waals surface area contributed by atoms with E-state index in [1.165, 1.54) is 4.88 Å². The molecule has 7 heteroatoms. The van der Waals surface area contributed by atoms with Crippen LogP contribution in [0.25, 0.3) is 0 Å². The molecule has 2 heterocycles. The summed E-state index contributed by atoms with van der Waals surface area (Å²) in [7, 11) is 0. The molecule has 0 aliphatic heterocycles. The Labute approximate surface area is 159 Å². The van der Waals surface area contributed by atoms with E-state index in [4.69, 9.17) is 4.42 Å². The Bertz CT molecular complexity index is 762. The van der Waals surface area contributed by atoms with Crippen molar-refractivity contribution in [2.24, 2.45) is 4.99 Å². The van der Waals surface area contributed by atoms with Gasteiger partial charge in [0.05, 0.1) is 17.2 Å². The van der Waals surface area contributed by atoms with Gasteiger partial charge in [0.25, 0.3) is 0 Å². The number of hydrogen-bond donors (Lipinski definition) is 3. The highest BCUT2D eigenvalue weighted by Gasteiger charge is 2.27. The van der Waals surface area contributed by atoms with Crippen molar-refractivity contribution in [3.63, 3.8) is 0 Å². The molecule has 0 bridgehead atoms. The highest BCUT2D eigenvalue weighted by Crippen LogP contribution is 2.27. The summed E-state index contributed by atoms with van der Waals surface area (Å²) in [6.45, 7) is 13.4. The average molecular weight is 379 g/mol. The number of nitrogens with one attached hydrogen (secondary N) is 2. The molecule has 0 spiro atoms. The number of nitrogens with zero attached hydrogens (tertiary/aromatic N) is 2. The lowest BCUT2D eigenvalue weighted by Crippen LogP contribution is -2.39. The second-order valence-corrected chi connectivity index (χ2v) is 8.00. The van der Waals surface area contributed by atoms with Crippen molar-refractivity contribution in [2.75, 3.05) is 19.6 Å². The zero-order valence-corrected chi connectivity index (χ0v) is 17.4. The Morgan fingerprint density at radius 3 is 2.58 bits per heavy atom. The van der Waals surface area contributed by atoms with E-state index in [9.17, 15) is 5.11 Å². The summed E-state index contributed by atoms with van der Waals surface area (Å²) in [5.74, 6) is 2.23. The number of aliphatic imine (C=N–C) groups is 1. The molecule has 2 aromatic rings. The zero-order valence-electron chi connectivity index (χ0n) is 16.6. The summed E-state index contributed by atoms with van der Waals surface area (Å²) in [6, 6.07) is 1.88. The smallest absolute Gasteiger partial charge is 0.191 e. The van der Waals surface area contributed by atoms with Crippen LogP contribution in [0.2, 0.25) is 0 Å². The first-order chi connectivity index (χ1) is 12.2. The number of aliphatic hydroxyl groups is 1. The average Bonchev–Trinajstić information content (AvgIpc) is 3.06. The Morgan fingerprint density at radius 1 is 1.31 bits per heavy atom. The summed E-state index contributed by atoms with van der Waals surface area (Å²) in [6.07, 6.45) is 0.901. The van der Waals surface area contributed by atoms with Crippen LogP contribution in [0.5, 0.6) is 0 Å². The van der Waals surface area contributed by atoms with Gasteiger partial charge in [-0.1, -0.05) is 0 Å². The number of guanidine groups is 1. The van der Waals surface area contributed by atoms with Crippen molar-refractivity contribution in [1.82, 2.24) is 15.6 Å². The van der Waals surface area contributed by atoms with Crippen LogP contribution in [0.1, 0.15) is 46.5 Å². The number of aryl methyl sites for hydroxylation is 4. The van der Waals surface area contributed by atoms with Gasteiger partial charge in [0, 0.05) is 30.0 Å². The van der Waals surface area contributed by atoms with Crippen LogP contribution in [-0.2, 0) is 12.0 Å². The fraction of sp³-hybridized carbons (Fsp3) is 0.579. The maximum atomic E-state index is 10.8. The van der Waals surface area contributed by atoms with Crippen LogP contribution in [0.3, 0.4) is 0 Å². The Kier molecular flexibility index (Phi) is 6.83. The molecule has 0 fully saturated rings. The molecule has 0 saturated heterocycles. The molecule has 26 heavy (non-hydrogen) atoms. The SMILES string of the molecule is CCNC(=NCC(C)(O)c1cc(C)oc1C)NCCc1sc(C)nc1C. The molecule has 0 amide bonds. The summed E-state index contributed by atoms with van der Waals surface area (Å²) >= 11 is 1.74. The van der Waals surface area contributed by atoms with Gasteiger partial charge in [-0.2, -0.15) is 0 Å². The quantitative estimate of drug-likeness (QED) is 0.510. The minimum atomic E-state index is -1.07. The lowest BCUT2D eigenvalue weighted by atomic mass is 9.96. The van der Waals surface area contributed by atoms with Gasteiger partial charge in [-0.05, 0) is 47.6 Å². The predicted octanol–water partition coefficient (Wildman–Crippen LogP) is 2.98. The summed E-state index contributed by atoms with van der Waals surface area (Å²) in [4.78, 5) is 10.3. The lowest BCUT2D eigenvalue weighted by molar-refractivity contribution is 0.0657. The van der Waals surface area contributed by atoms with Gasteiger partial charge >= 0.3 is 0 Å². The maximum Gasteiger partial charge on any atom is 0.191 e. The van der Waals surface area contributed by atoms with E-state index in [2.05, 4.69) is 20.6 Å². The van der Waals surface area contributed by atoms with Crippen LogP contribution >= 0.6 is 11.3 Å².